The molecule has 0 saturated heterocycles. The summed E-state index contributed by atoms with van der Waals surface area (Å²) in [6.45, 7) is 0.986. The summed E-state index contributed by atoms with van der Waals surface area (Å²) in [6.07, 6.45) is 6.42. The Labute approximate surface area is 186 Å². The Hall–Kier alpha value is -3.40. The van der Waals surface area contributed by atoms with Crippen molar-refractivity contribution in [2.24, 2.45) is 10.2 Å². The molecular weight excluding hydrogens is 380 g/mol. The number of nitrogens with zero attached hydrogens (tertiary/aromatic N) is 3. The van der Waals surface area contributed by atoms with Crippen molar-refractivity contribution in [3.05, 3.63) is 96.2 Å². The van der Waals surface area contributed by atoms with E-state index in [4.69, 9.17) is 0 Å². The number of hydrogen-bond acceptors (Lipinski definition) is 4. The van der Waals surface area contributed by atoms with Gasteiger partial charge in [0.05, 0.1) is 11.4 Å². The maximum absolute atomic E-state index is 4.64. The SMILES string of the molecule is CN(C)c1ccccc1N=N/C(=C/c1ccccc1)CCCCCNc1ccccc1. The van der Waals surface area contributed by atoms with Gasteiger partial charge in [-0.2, -0.15) is 5.11 Å². The Balaban J connectivity index is 1.59. The van der Waals surface area contributed by atoms with Crippen LogP contribution in [0.25, 0.3) is 6.08 Å². The lowest BCUT2D eigenvalue weighted by Gasteiger charge is -2.14. The summed E-state index contributed by atoms with van der Waals surface area (Å²) in [4.78, 5) is 2.06. The molecule has 0 aliphatic rings. The first-order valence-electron chi connectivity index (χ1n) is 10.9. The van der Waals surface area contributed by atoms with E-state index in [-0.39, 0.29) is 0 Å². The molecular formula is C27H32N4. The zero-order valence-corrected chi connectivity index (χ0v) is 18.5. The molecule has 3 aromatic carbocycles. The highest BCUT2D eigenvalue weighted by atomic mass is 15.1. The maximum Gasteiger partial charge on any atom is 0.109 e. The van der Waals surface area contributed by atoms with Crippen molar-refractivity contribution in [2.45, 2.75) is 25.7 Å². The molecule has 3 aromatic rings. The van der Waals surface area contributed by atoms with Crippen LogP contribution in [-0.4, -0.2) is 20.6 Å². The molecule has 0 radical (unpaired) electrons. The van der Waals surface area contributed by atoms with Gasteiger partial charge in [0.25, 0.3) is 0 Å². The average molecular weight is 413 g/mol. The van der Waals surface area contributed by atoms with E-state index in [0.29, 0.717) is 0 Å². The van der Waals surface area contributed by atoms with Crippen LogP contribution in [-0.2, 0) is 0 Å². The smallest absolute Gasteiger partial charge is 0.109 e. The minimum atomic E-state index is 0.888. The number of azo groups is 1. The molecule has 4 heteroatoms. The van der Waals surface area contributed by atoms with E-state index in [9.17, 15) is 0 Å². The Kier molecular flexibility index (Phi) is 8.87. The topological polar surface area (TPSA) is 40.0 Å². The molecule has 0 aliphatic carbocycles. The highest BCUT2D eigenvalue weighted by Gasteiger charge is 2.03. The predicted octanol–water partition coefficient (Wildman–Crippen LogP) is 7.55. The lowest BCUT2D eigenvalue weighted by molar-refractivity contribution is 0.690. The second kappa shape index (κ2) is 12.3. The van der Waals surface area contributed by atoms with Gasteiger partial charge >= 0.3 is 0 Å². The van der Waals surface area contributed by atoms with Gasteiger partial charge in [0.2, 0.25) is 0 Å². The molecule has 0 aromatic heterocycles. The Bertz CT molecular complexity index is 963. The highest BCUT2D eigenvalue weighted by molar-refractivity contribution is 5.65. The van der Waals surface area contributed by atoms with Gasteiger partial charge in [-0.3, -0.25) is 0 Å². The average Bonchev–Trinajstić information content (AvgIpc) is 2.81. The number of hydrogen-bond donors (Lipinski definition) is 1. The number of unbranched alkanes of at least 4 members (excludes halogenated alkanes) is 2. The molecule has 0 atom stereocenters. The normalized spacial score (nSPS) is 11.6. The van der Waals surface area contributed by atoms with Crippen molar-refractivity contribution < 1.29 is 0 Å². The summed E-state index contributed by atoms with van der Waals surface area (Å²) in [5.41, 5.74) is 5.30. The second-order valence-corrected chi connectivity index (χ2v) is 7.73. The van der Waals surface area contributed by atoms with Crippen LogP contribution in [0.5, 0.6) is 0 Å². The van der Waals surface area contributed by atoms with E-state index < -0.39 is 0 Å². The van der Waals surface area contributed by atoms with Gasteiger partial charge in [0.15, 0.2) is 0 Å². The van der Waals surface area contributed by atoms with Crippen molar-refractivity contribution in [1.29, 1.82) is 0 Å². The van der Waals surface area contributed by atoms with Crippen molar-refractivity contribution in [3.8, 4) is 0 Å². The van der Waals surface area contributed by atoms with Crippen molar-refractivity contribution in [1.82, 2.24) is 0 Å². The summed E-state index contributed by atoms with van der Waals surface area (Å²) >= 11 is 0. The first kappa shape index (κ1) is 22.3. The molecule has 1 N–H and O–H groups in total. The van der Waals surface area contributed by atoms with E-state index in [1.54, 1.807) is 0 Å². The molecule has 31 heavy (non-hydrogen) atoms. The minimum absolute atomic E-state index is 0.888. The van der Waals surface area contributed by atoms with Gasteiger partial charge in [0.1, 0.15) is 5.69 Å². The van der Waals surface area contributed by atoms with Crippen LogP contribution in [0.3, 0.4) is 0 Å². The third-order valence-electron chi connectivity index (χ3n) is 5.00. The second-order valence-electron chi connectivity index (χ2n) is 7.73. The van der Waals surface area contributed by atoms with E-state index >= 15 is 0 Å². The predicted molar refractivity (Wildman–Crippen MR) is 133 cm³/mol. The first-order chi connectivity index (χ1) is 15.2. The van der Waals surface area contributed by atoms with Crippen LogP contribution in [0.4, 0.5) is 17.1 Å². The summed E-state index contributed by atoms with van der Waals surface area (Å²) in [5.74, 6) is 0. The van der Waals surface area contributed by atoms with Gasteiger partial charge in [0, 0.05) is 26.3 Å². The number of para-hydroxylation sites is 2. The molecule has 0 heterocycles. The summed E-state index contributed by atoms with van der Waals surface area (Å²) < 4.78 is 0. The zero-order valence-electron chi connectivity index (χ0n) is 18.5. The summed E-state index contributed by atoms with van der Waals surface area (Å²) in [5, 5.41) is 12.7. The monoisotopic (exact) mass is 412 g/mol. The number of anilines is 2. The molecule has 0 fully saturated rings. The fraction of sp³-hybridized carbons (Fsp3) is 0.259. The van der Waals surface area contributed by atoms with Crippen LogP contribution in [0.15, 0.2) is 101 Å². The van der Waals surface area contributed by atoms with Gasteiger partial charge in [-0.15, -0.1) is 5.11 Å². The van der Waals surface area contributed by atoms with E-state index in [1.807, 2.05) is 44.4 Å². The third-order valence-corrected chi connectivity index (χ3v) is 5.00. The largest absolute Gasteiger partial charge is 0.385 e. The fourth-order valence-corrected chi connectivity index (χ4v) is 3.33. The van der Waals surface area contributed by atoms with Crippen molar-refractivity contribution >= 4 is 23.1 Å². The zero-order chi connectivity index (χ0) is 21.7. The first-order valence-corrected chi connectivity index (χ1v) is 10.9. The quantitative estimate of drug-likeness (QED) is 0.261. The molecule has 0 unspecified atom stereocenters. The van der Waals surface area contributed by atoms with E-state index in [2.05, 4.69) is 81.1 Å². The minimum Gasteiger partial charge on any atom is -0.385 e. The van der Waals surface area contributed by atoms with Gasteiger partial charge < -0.3 is 10.2 Å². The van der Waals surface area contributed by atoms with Crippen molar-refractivity contribution in [2.75, 3.05) is 30.9 Å². The van der Waals surface area contributed by atoms with Crippen LogP contribution in [0, 0.1) is 0 Å². The molecule has 0 amide bonds. The lowest BCUT2D eigenvalue weighted by Crippen LogP contribution is -2.08. The fourth-order valence-electron chi connectivity index (χ4n) is 3.33. The Morgan fingerprint density at radius 1 is 0.806 bits per heavy atom. The standard InChI is InChI=1S/C27H32N4/c1-31(2)27-20-12-11-19-26(27)30-29-25(22-23-14-6-3-7-15-23)18-10-5-13-21-28-24-16-8-4-9-17-24/h3-4,6-9,11-12,14-17,19-20,22,28H,5,10,13,18,21H2,1-2H3/b25-22+,30-29?. The van der Waals surface area contributed by atoms with Crippen LogP contribution >= 0.6 is 0 Å². The van der Waals surface area contributed by atoms with Crippen molar-refractivity contribution in [3.63, 3.8) is 0 Å². The molecule has 160 valence electrons. The highest BCUT2D eigenvalue weighted by Crippen LogP contribution is 2.28. The number of rotatable bonds is 11. The summed E-state index contributed by atoms with van der Waals surface area (Å²) in [7, 11) is 4.05. The Morgan fingerprint density at radius 2 is 1.48 bits per heavy atom. The molecule has 0 saturated carbocycles. The summed E-state index contributed by atoms with van der Waals surface area (Å²) in [6, 6.07) is 28.8. The molecule has 0 spiro atoms. The van der Waals surface area contributed by atoms with Crippen LogP contribution in [0.1, 0.15) is 31.2 Å². The lowest BCUT2D eigenvalue weighted by atomic mass is 10.1. The number of allylic oxidation sites excluding steroid dienone is 1. The number of benzene rings is 3. The number of nitrogens with one attached hydrogen (secondary N) is 1. The maximum atomic E-state index is 4.64. The molecule has 0 bridgehead atoms. The molecule has 0 aliphatic heterocycles. The molecule has 4 nitrogen and oxygen atoms in total. The third kappa shape index (κ3) is 7.74. The van der Waals surface area contributed by atoms with E-state index in [1.165, 1.54) is 5.69 Å². The van der Waals surface area contributed by atoms with Gasteiger partial charge in [-0.05, 0) is 55.2 Å². The van der Waals surface area contributed by atoms with Crippen LogP contribution < -0.4 is 10.2 Å². The van der Waals surface area contributed by atoms with Gasteiger partial charge in [-0.25, -0.2) is 0 Å². The Morgan fingerprint density at radius 3 is 2.23 bits per heavy atom. The van der Waals surface area contributed by atoms with E-state index in [0.717, 1.165) is 54.9 Å². The van der Waals surface area contributed by atoms with Gasteiger partial charge in [-0.1, -0.05) is 67.1 Å². The molecule has 3 rings (SSSR count). The van der Waals surface area contributed by atoms with Crippen LogP contribution in [0.2, 0.25) is 0 Å².